The molecule has 0 spiro atoms. The number of hydrogen-bond donors (Lipinski definition) is 0. The second kappa shape index (κ2) is 4.47. The number of quaternary nitrogens is 1. The van der Waals surface area contributed by atoms with Crippen molar-refractivity contribution in [3.63, 3.8) is 0 Å². The fraction of sp³-hybridized carbons (Fsp3) is 0.846. The molecule has 2 heteroatoms. The van der Waals surface area contributed by atoms with Gasteiger partial charge in [0.25, 0.3) is 0 Å². The van der Waals surface area contributed by atoms with Crippen LogP contribution in [0.3, 0.4) is 0 Å². The molecule has 3 atom stereocenters. The Bertz CT molecular complexity index is 261. The Hall–Kier alpha value is -0.0100. The molecule has 0 N–H and O–H groups in total. The molecule has 0 saturated carbocycles. The van der Waals surface area contributed by atoms with Crippen molar-refractivity contribution in [2.24, 2.45) is 11.8 Å². The van der Waals surface area contributed by atoms with Gasteiger partial charge in [-0.3, -0.25) is 0 Å². The molecule has 0 bridgehead atoms. The van der Waals surface area contributed by atoms with Gasteiger partial charge in [0.2, 0.25) is 0 Å². The van der Waals surface area contributed by atoms with E-state index >= 15 is 0 Å². The summed E-state index contributed by atoms with van der Waals surface area (Å²) < 4.78 is 1.29. The minimum atomic E-state index is 0.865. The van der Waals surface area contributed by atoms with Gasteiger partial charge in [0.1, 0.15) is 0 Å². The summed E-state index contributed by atoms with van der Waals surface area (Å²) in [6, 6.07) is 0. The molecule has 0 aromatic carbocycles. The zero-order valence-electron chi connectivity index (χ0n) is 10.0. The molecular formula is C13H23ClN+. The smallest absolute Gasteiger partial charge is 0.0821 e. The van der Waals surface area contributed by atoms with E-state index < -0.39 is 0 Å². The number of unbranched alkanes of at least 4 members (excludes halogenated alkanes) is 1. The fourth-order valence-corrected chi connectivity index (χ4v) is 3.63. The van der Waals surface area contributed by atoms with Crippen molar-refractivity contribution >= 4 is 11.6 Å². The summed E-state index contributed by atoms with van der Waals surface area (Å²) in [6.07, 6.45) is 7.31. The van der Waals surface area contributed by atoms with Crippen molar-refractivity contribution in [2.45, 2.75) is 32.6 Å². The van der Waals surface area contributed by atoms with Crippen LogP contribution >= 0.6 is 11.6 Å². The van der Waals surface area contributed by atoms with Crippen molar-refractivity contribution in [2.75, 3.05) is 26.7 Å². The van der Waals surface area contributed by atoms with Crippen molar-refractivity contribution < 1.29 is 4.48 Å². The molecule has 2 aliphatic rings. The van der Waals surface area contributed by atoms with Gasteiger partial charge in [-0.15, -0.1) is 0 Å². The summed E-state index contributed by atoms with van der Waals surface area (Å²) in [7, 11) is 2.43. The van der Waals surface area contributed by atoms with Crippen LogP contribution in [0.15, 0.2) is 11.1 Å². The normalized spacial score (nSPS) is 40.1. The first-order chi connectivity index (χ1) is 7.13. The van der Waals surface area contributed by atoms with Crippen LogP contribution in [0.4, 0.5) is 0 Å². The summed E-state index contributed by atoms with van der Waals surface area (Å²) in [5.41, 5.74) is 0. The SMILES string of the molecule is CCCC[N@@+]1(C)C[C@H]2CC(Cl)=CC[C@H]2C1. The highest BCUT2D eigenvalue weighted by molar-refractivity contribution is 6.29. The van der Waals surface area contributed by atoms with Gasteiger partial charge in [0, 0.05) is 16.9 Å². The van der Waals surface area contributed by atoms with Crippen LogP contribution < -0.4 is 0 Å². The second-order valence-electron chi connectivity index (χ2n) is 5.67. The molecular weight excluding hydrogens is 206 g/mol. The van der Waals surface area contributed by atoms with Crippen molar-refractivity contribution in [3.05, 3.63) is 11.1 Å². The molecule has 1 aliphatic heterocycles. The Morgan fingerprint density at radius 3 is 2.87 bits per heavy atom. The van der Waals surface area contributed by atoms with E-state index in [4.69, 9.17) is 11.6 Å². The van der Waals surface area contributed by atoms with Gasteiger partial charge in [-0.2, -0.15) is 0 Å². The predicted molar refractivity (Wildman–Crippen MR) is 65.8 cm³/mol. The summed E-state index contributed by atoms with van der Waals surface area (Å²) in [5, 5.41) is 1.11. The molecule has 1 nitrogen and oxygen atoms in total. The predicted octanol–water partition coefficient (Wildman–Crippen LogP) is 3.40. The number of hydrogen-bond acceptors (Lipinski definition) is 0. The van der Waals surface area contributed by atoms with Crippen LogP contribution in [0.1, 0.15) is 32.6 Å². The van der Waals surface area contributed by atoms with Gasteiger partial charge in [0.05, 0.1) is 26.7 Å². The molecule has 0 aromatic heterocycles. The molecule has 2 rings (SSSR count). The van der Waals surface area contributed by atoms with E-state index in [1.807, 2.05) is 0 Å². The highest BCUT2D eigenvalue weighted by Crippen LogP contribution is 2.39. The first kappa shape index (κ1) is 11.5. The molecule has 1 saturated heterocycles. The van der Waals surface area contributed by atoms with Gasteiger partial charge < -0.3 is 4.48 Å². The van der Waals surface area contributed by atoms with Gasteiger partial charge in [-0.05, 0) is 19.3 Å². The van der Waals surface area contributed by atoms with Crippen LogP contribution in [-0.4, -0.2) is 31.2 Å². The number of rotatable bonds is 3. The van der Waals surface area contributed by atoms with E-state index in [9.17, 15) is 0 Å². The van der Waals surface area contributed by atoms with E-state index in [0.29, 0.717) is 0 Å². The zero-order chi connectivity index (χ0) is 10.9. The molecule has 0 aromatic rings. The molecule has 0 amide bonds. The summed E-state index contributed by atoms with van der Waals surface area (Å²) in [5.74, 6) is 1.78. The highest BCUT2D eigenvalue weighted by atomic mass is 35.5. The third-order valence-corrected chi connectivity index (χ3v) is 4.48. The van der Waals surface area contributed by atoms with E-state index in [-0.39, 0.29) is 0 Å². The first-order valence-electron chi connectivity index (χ1n) is 6.31. The maximum atomic E-state index is 6.13. The van der Waals surface area contributed by atoms with Gasteiger partial charge >= 0.3 is 0 Å². The van der Waals surface area contributed by atoms with Crippen LogP contribution in [0.2, 0.25) is 0 Å². The number of fused-ring (bicyclic) bond motifs is 1. The maximum Gasteiger partial charge on any atom is 0.0821 e. The lowest BCUT2D eigenvalue weighted by Gasteiger charge is -2.29. The number of halogens is 1. The number of nitrogens with zero attached hydrogens (tertiary/aromatic N) is 1. The molecule has 0 radical (unpaired) electrons. The lowest BCUT2D eigenvalue weighted by Crippen LogP contribution is -2.42. The standard InChI is InChI=1S/C13H23ClN/c1-3-4-7-15(2)9-11-5-6-13(14)8-12(11)10-15/h6,11-12H,3-5,7-10H2,1-2H3/q+1/t11-,12+,15+/m0/s1. The van der Waals surface area contributed by atoms with Crippen LogP contribution in [0.5, 0.6) is 0 Å². The average Bonchev–Trinajstić information content (AvgIpc) is 2.51. The van der Waals surface area contributed by atoms with Gasteiger partial charge in [-0.1, -0.05) is 31.0 Å². The Morgan fingerprint density at radius 2 is 2.13 bits per heavy atom. The maximum absolute atomic E-state index is 6.13. The first-order valence-corrected chi connectivity index (χ1v) is 6.69. The van der Waals surface area contributed by atoms with Crippen LogP contribution in [-0.2, 0) is 0 Å². The minimum absolute atomic E-state index is 0.865. The van der Waals surface area contributed by atoms with E-state index in [2.05, 4.69) is 20.0 Å². The lowest BCUT2D eigenvalue weighted by atomic mass is 9.86. The van der Waals surface area contributed by atoms with Crippen LogP contribution in [0.25, 0.3) is 0 Å². The highest BCUT2D eigenvalue weighted by Gasteiger charge is 2.42. The molecule has 1 aliphatic carbocycles. The Morgan fingerprint density at radius 1 is 1.40 bits per heavy atom. The molecule has 1 heterocycles. The lowest BCUT2D eigenvalue weighted by molar-refractivity contribution is -0.900. The summed E-state index contributed by atoms with van der Waals surface area (Å²) >= 11 is 6.13. The second-order valence-corrected chi connectivity index (χ2v) is 6.16. The Balaban J connectivity index is 1.95. The summed E-state index contributed by atoms with van der Waals surface area (Å²) in [6.45, 7) is 6.38. The topological polar surface area (TPSA) is 0 Å². The fourth-order valence-electron chi connectivity index (χ4n) is 3.34. The molecule has 15 heavy (non-hydrogen) atoms. The number of likely N-dealkylation sites (tertiary alicyclic amines) is 1. The minimum Gasteiger partial charge on any atom is -0.326 e. The van der Waals surface area contributed by atoms with Gasteiger partial charge in [0.15, 0.2) is 0 Å². The van der Waals surface area contributed by atoms with Gasteiger partial charge in [-0.25, -0.2) is 0 Å². The molecule has 0 unspecified atom stereocenters. The van der Waals surface area contributed by atoms with Crippen molar-refractivity contribution in [3.8, 4) is 0 Å². The quantitative estimate of drug-likeness (QED) is 0.650. The van der Waals surface area contributed by atoms with E-state index in [1.54, 1.807) is 0 Å². The average molecular weight is 229 g/mol. The molecule has 86 valence electrons. The van der Waals surface area contributed by atoms with Crippen molar-refractivity contribution in [1.82, 2.24) is 0 Å². The monoisotopic (exact) mass is 228 g/mol. The largest absolute Gasteiger partial charge is 0.326 e. The van der Waals surface area contributed by atoms with E-state index in [0.717, 1.165) is 23.3 Å². The Kier molecular flexibility index (Phi) is 3.42. The molecule has 1 fully saturated rings. The number of allylic oxidation sites excluding steroid dienone is 2. The summed E-state index contributed by atoms with van der Waals surface area (Å²) in [4.78, 5) is 0. The van der Waals surface area contributed by atoms with Crippen molar-refractivity contribution in [1.29, 1.82) is 0 Å². The van der Waals surface area contributed by atoms with E-state index in [1.165, 1.54) is 43.4 Å². The third-order valence-electron chi connectivity index (χ3n) is 4.17. The third kappa shape index (κ3) is 2.57. The Labute approximate surface area is 98.7 Å². The van der Waals surface area contributed by atoms with Crippen LogP contribution in [0, 0.1) is 11.8 Å². The zero-order valence-corrected chi connectivity index (χ0v) is 10.8.